The van der Waals surface area contributed by atoms with Crippen LogP contribution in [-0.2, 0) is 0 Å². The molecule has 48 valence electrons. The predicted octanol–water partition coefficient (Wildman–Crippen LogP) is -5.63. The zero-order valence-electron chi connectivity index (χ0n) is 3.00. The molecule has 0 unspecified atom stereocenters. The van der Waals surface area contributed by atoms with Gasteiger partial charge in [-0.3, -0.25) is 0 Å². The van der Waals surface area contributed by atoms with E-state index in [1.54, 1.807) is 0 Å². The SMILES string of the molecule is B.O[Si](O)(O)O.[BiH3].[LiH]. The van der Waals surface area contributed by atoms with Crippen molar-refractivity contribution in [2.45, 2.75) is 0 Å². The van der Waals surface area contributed by atoms with Gasteiger partial charge in [0.1, 0.15) is 0 Å². The molecule has 0 saturated heterocycles. The van der Waals surface area contributed by atoms with Crippen LogP contribution in [0.4, 0.5) is 0 Å². The van der Waals surface area contributed by atoms with E-state index in [4.69, 9.17) is 19.2 Å². The first-order chi connectivity index (χ1) is 2.00. The molecule has 0 rings (SSSR count). The average molecular weight is 330 g/mol. The van der Waals surface area contributed by atoms with Crippen LogP contribution in [0.15, 0.2) is 0 Å². The molecule has 0 aliphatic rings. The van der Waals surface area contributed by atoms with Gasteiger partial charge < -0.3 is 19.2 Å². The van der Waals surface area contributed by atoms with Crippen LogP contribution in [0.1, 0.15) is 0 Å². The van der Waals surface area contributed by atoms with Crippen molar-refractivity contribution in [3.05, 3.63) is 0 Å². The van der Waals surface area contributed by atoms with Crippen LogP contribution in [0.2, 0.25) is 0 Å². The molecule has 4 N–H and O–H groups in total. The summed E-state index contributed by atoms with van der Waals surface area (Å²) in [4.78, 5) is 29.3. The molecule has 0 atom stereocenters. The van der Waals surface area contributed by atoms with Crippen LogP contribution in [0.5, 0.6) is 0 Å². The van der Waals surface area contributed by atoms with Crippen LogP contribution in [0.3, 0.4) is 0 Å². The molecule has 0 spiro atoms. The normalized spacial score (nSPS) is 7.50. The van der Waals surface area contributed by atoms with Crippen molar-refractivity contribution in [3.63, 3.8) is 0 Å². The van der Waals surface area contributed by atoms with E-state index in [2.05, 4.69) is 0 Å². The van der Waals surface area contributed by atoms with Gasteiger partial charge in [0.05, 0.1) is 8.41 Å². The summed E-state index contributed by atoms with van der Waals surface area (Å²) in [7, 11) is -4.61. The monoisotopic (exact) mass is 330 g/mol. The van der Waals surface area contributed by atoms with Crippen molar-refractivity contribution in [2.75, 3.05) is 0 Å². The molecule has 0 aliphatic heterocycles. The van der Waals surface area contributed by atoms with E-state index in [1.165, 1.54) is 0 Å². The Hall–Kier alpha value is 1.60. The van der Waals surface area contributed by atoms with Crippen molar-refractivity contribution >= 4 is 62.5 Å². The van der Waals surface area contributed by atoms with Crippen molar-refractivity contribution in [1.82, 2.24) is 0 Å². The zero-order chi connectivity index (χ0) is 4.50. The van der Waals surface area contributed by atoms with Gasteiger partial charge >= 0.3 is 54.1 Å². The second kappa shape index (κ2) is 8.60. The zero-order valence-corrected chi connectivity index (χ0v) is 9.49. The summed E-state index contributed by atoms with van der Waals surface area (Å²) in [5, 5.41) is 0. The first kappa shape index (κ1) is 22.6. The Bertz CT molecular complexity index is 31.5. The maximum absolute atomic E-state index is 7.33. The van der Waals surface area contributed by atoms with E-state index in [0.29, 0.717) is 0 Å². The maximum atomic E-state index is 7.33. The summed E-state index contributed by atoms with van der Waals surface area (Å²) in [6.45, 7) is 0. The molecule has 0 amide bonds. The van der Waals surface area contributed by atoms with Crippen LogP contribution in [0.25, 0.3) is 0 Å². The van der Waals surface area contributed by atoms with Crippen LogP contribution in [0, 0.1) is 0 Å². The summed E-state index contributed by atoms with van der Waals surface area (Å²) >= 11 is 0. The molecule has 0 aliphatic carbocycles. The van der Waals surface area contributed by atoms with Crippen molar-refractivity contribution in [1.29, 1.82) is 0 Å². The van der Waals surface area contributed by atoms with E-state index in [-0.39, 0.29) is 53.5 Å². The topological polar surface area (TPSA) is 80.9 Å². The molecule has 4 nitrogen and oxygen atoms in total. The van der Waals surface area contributed by atoms with E-state index in [1.807, 2.05) is 0 Å². The van der Waals surface area contributed by atoms with E-state index >= 15 is 0 Å². The fraction of sp³-hybridized carbons (Fsp3) is 0. The predicted molar refractivity (Wildman–Crippen MR) is 41.7 cm³/mol. The molecule has 8 heavy (non-hydrogen) atoms. The third-order valence-corrected chi connectivity index (χ3v) is 0. The molecule has 0 radical (unpaired) electrons. The van der Waals surface area contributed by atoms with Gasteiger partial charge in [-0.1, -0.05) is 0 Å². The van der Waals surface area contributed by atoms with Gasteiger partial charge in [-0.2, -0.15) is 0 Å². The van der Waals surface area contributed by atoms with Crippen molar-refractivity contribution < 1.29 is 19.2 Å². The van der Waals surface area contributed by atoms with Crippen LogP contribution < -0.4 is 0 Å². The average Bonchev–Trinajstić information content (AvgIpc) is 0.722. The minimum atomic E-state index is -4.61. The third-order valence-electron chi connectivity index (χ3n) is 0. The number of rotatable bonds is 0. The van der Waals surface area contributed by atoms with Crippen molar-refractivity contribution in [3.8, 4) is 0 Å². The van der Waals surface area contributed by atoms with Gasteiger partial charge in [0.25, 0.3) is 0 Å². The molecular formula is H11BBiLiO4Si. The fourth-order valence-corrected chi connectivity index (χ4v) is 0. The first-order valence-electron chi connectivity index (χ1n) is 0.894. The molecule has 0 saturated carbocycles. The molecule has 0 heterocycles. The summed E-state index contributed by atoms with van der Waals surface area (Å²) < 4.78 is 0. The molecule has 0 bridgehead atoms. The number of hydrogen-bond acceptors (Lipinski definition) is 4. The molecule has 0 aromatic heterocycles. The molecule has 0 fully saturated rings. The van der Waals surface area contributed by atoms with Gasteiger partial charge in [0.15, 0.2) is 0 Å². The van der Waals surface area contributed by atoms with E-state index < -0.39 is 9.05 Å². The van der Waals surface area contributed by atoms with Gasteiger partial charge in [-0.05, 0) is 0 Å². The van der Waals surface area contributed by atoms with Gasteiger partial charge in [-0.25, -0.2) is 0 Å². The summed E-state index contributed by atoms with van der Waals surface area (Å²) in [5.41, 5.74) is 0. The summed E-state index contributed by atoms with van der Waals surface area (Å²) in [6, 6.07) is 0. The minimum absolute atomic E-state index is 0. The quantitative estimate of drug-likeness (QED) is 0.334. The van der Waals surface area contributed by atoms with Gasteiger partial charge in [0, 0.05) is 0 Å². The van der Waals surface area contributed by atoms with Crippen LogP contribution >= 0.6 is 0 Å². The first-order valence-corrected chi connectivity index (χ1v) is 2.68. The van der Waals surface area contributed by atoms with Gasteiger partial charge in [-0.15, -0.1) is 0 Å². The molecule has 0 aromatic carbocycles. The second-order valence-corrected chi connectivity index (χ2v) is 1.80. The third kappa shape index (κ3) is 129. The summed E-state index contributed by atoms with van der Waals surface area (Å²) in [5.74, 6) is 0. The Morgan fingerprint density at radius 3 is 0.875 bits per heavy atom. The fourth-order valence-electron chi connectivity index (χ4n) is 0. The standard InChI is InChI=1S/BH3.Bi.Li.H4O4Si.4H/c;;;1-5(2,3)4;;;;/h1H3;;;1-4H;;;;. The molecule has 0 aromatic rings. The Morgan fingerprint density at radius 1 is 0.875 bits per heavy atom. The van der Waals surface area contributed by atoms with E-state index in [9.17, 15) is 0 Å². The van der Waals surface area contributed by atoms with Crippen LogP contribution in [-0.4, -0.2) is 81.7 Å². The van der Waals surface area contributed by atoms with E-state index in [0.717, 1.165) is 0 Å². The Balaban J connectivity index is -0.0000000267. The second-order valence-electron chi connectivity index (χ2n) is 0.600. The van der Waals surface area contributed by atoms with Crippen molar-refractivity contribution in [2.24, 2.45) is 0 Å². The molecular weight excluding hydrogens is 319 g/mol. The Morgan fingerprint density at radius 2 is 0.875 bits per heavy atom. The summed E-state index contributed by atoms with van der Waals surface area (Å²) in [6.07, 6.45) is 0. The Kier molecular flexibility index (Phi) is 24.3. The van der Waals surface area contributed by atoms with Gasteiger partial charge in [0.2, 0.25) is 0 Å². The number of hydrogen-bond donors (Lipinski definition) is 4. The Labute approximate surface area is 81.3 Å². The molecule has 8 heteroatoms.